The molecule has 0 aliphatic carbocycles. The van der Waals surface area contributed by atoms with Crippen LogP contribution in [-0.4, -0.2) is 23.9 Å². The van der Waals surface area contributed by atoms with Crippen LogP contribution in [0.4, 0.5) is 0 Å². The maximum absolute atomic E-state index is 12.1. The second-order valence-corrected chi connectivity index (χ2v) is 5.16. The number of unbranched alkanes of at least 4 members (excludes halogenated alkanes) is 3. The average Bonchev–Trinajstić information content (AvgIpc) is 2.33. The van der Waals surface area contributed by atoms with Gasteiger partial charge >= 0.3 is 0 Å². The van der Waals surface area contributed by atoms with Crippen LogP contribution in [0.3, 0.4) is 0 Å². The van der Waals surface area contributed by atoms with Crippen molar-refractivity contribution in [3.63, 3.8) is 0 Å². The van der Waals surface area contributed by atoms with Gasteiger partial charge in [-0.2, -0.15) is 0 Å². The number of carbonyl (C=O) groups excluding carboxylic acids is 1. The van der Waals surface area contributed by atoms with Crippen LogP contribution in [0.1, 0.15) is 72.6 Å². The van der Waals surface area contributed by atoms with E-state index in [-0.39, 0.29) is 0 Å². The topological polar surface area (TPSA) is 20.3 Å². The zero-order chi connectivity index (χ0) is 13.1. The van der Waals surface area contributed by atoms with Gasteiger partial charge in [0.05, 0.1) is 0 Å². The van der Waals surface area contributed by atoms with Crippen LogP contribution < -0.4 is 0 Å². The second-order valence-electron chi connectivity index (χ2n) is 5.16. The van der Waals surface area contributed by atoms with E-state index >= 15 is 0 Å². The number of nitrogens with zero attached hydrogens (tertiary/aromatic N) is 1. The fourth-order valence-electron chi connectivity index (χ4n) is 1.83. The van der Waals surface area contributed by atoms with Crippen molar-refractivity contribution in [1.82, 2.24) is 4.90 Å². The van der Waals surface area contributed by atoms with Gasteiger partial charge in [0.1, 0.15) is 0 Å². The van der Waals surface area contributed by atoms with E-state index in [9.17, 15) is 4.79 Å². The van der Waals surface area contributed by atoms with Crippen LogP contribution in [0.25, 0.3) is 0 Å². The highest BCUT2D eigenvalue weighted by Gasteiger charge is 2.14. The number of hydrogen-bond donors (Lipinski definition) is 0. The molecular weight excluding hydrogens is 210 g/mol. The molecule has 2 heteroatoms. The second kappa shape index (κ2) is 10.6. The van der Waals surface area contributed by atoms with Crippen molar-refractivity contribution in [3.05, 3.63) is 0 Å². The summed E-state index contributed by atoms with van der Waals surface area (Å²) in [5.74, 6) is 0.890. The van der Waals surface area contributed by atoms with E-state index in [1.807, 2.05) is 0 Å². The Hall–Kier alpha value is -0.530. The molecule has 0 spiro atoms. The minimum atomic E-state index is 0.365. The molecule has 2 nitrogen and oxygen atoms in total. The molecular formula is C15H31NO. The van der Waals surface area contributed by atoms with E-state index in [0.717, 1.165) is 38.8 Å². The van der Waals surface area contributed by atoms with Crippen molar-refractivity contribution < 1.29 is 4.79 Å². The lowest BCUT2D eigenvalue weighted by Gasteiger charge is -2.24. The lowest BCUT2D eigenvalue weighted by Crippen LogP contribution is -2.33. The SMILES string of the molecule is CCCCCN(CCCC)C(=O)CC(C)CC. The molecule has 0 aliphatic heterocycles. The minimum absolute atomic E-state index is 0.365. The van der Waals surface area contributed by atoms with Crippen molar-refractivity contribution in [1.29, 1.82) is 0 Å². The summed E-state index contributed by atoms with van der Waals surface area (Å²) < 4.78 is 0. The standard InChI is InChI=1S/C15H31NO/c1-5-8-10-12-16(11-9-6-2)15(17)13-14(4)7-3/h14H,5-13H2,1-4H3. The molecule has 0 heterocycles. The molecule has 1 unspecified atom stereocenters. The first kappa shape index (κ1) is 16.5. The van der Waals surface area contributed by atoms with E-state index in [2.05, 4.69) is 32.6 Å². The molecule has 0 bridgehead atoms. The maximum Gasteiger partial charge on any atom is 0.222 e. The summed E-state index contributed by atoms with van der Waals surface area (Å²) in [6.45, 7) is 10.6. The van der Waals surface area contributed by atoms with E-state index in [1.54, 1.807) is 0 Å². The molecule has 1 atom stereocenters. The van der Waals surface area contributed by atoms with Gasteiger partial charge in [0.15, 0.2) is 0 Å². The molecule has 0 rings (SSSR count). The Labute approximate surface area is 108 Å². The van der Waals surface area contributed by atoms with Crippen molar-refractivity contribution in [2.24, 2.45) is 5.92 Å². The normalized spacial score (nSPS) is 12.5. The molecule has 102 valence electrons. The van der Waals surface area contributed by atoms with Crippen LogP contribution >= 0.6 is 0 Å². The summed E-state index contributed by atoms with van der Waals surface area (Å²) in [4.78, 5) is 14.2. The van der Waals surface area contributed by atoms with Crippen LogP contribution in [-0.2, 0) is 4.79 Å². The van der Waals surface area contributed by atoms with E-state index in [4.69, 9.17) is 0 Å². The Morgan fingerprint density at radius 2 is 1.59 bits per heavy atom. The largest absolute Gasteiger partial charge is 0.343 e. The third kappa shape index (κ3) is 8.23. The molecule has 0 aromatic rings. The van der Waals surface area contributed by atoms with E-state index in [1.165, 1.54) is 19.3 Å². The molecule has 0 saturated carbocycles. The Kier molecular flexibility index (Phi) is 10.3. The summed E-state index contributed by atoms with van der Waals surface area (Å²) >= 11 is 0. The smallest absolute Gasteiger partial charge is 0.222 e. The number of carbonyl (C=O) groups is 1. The third-order valence-electron chi connectivity index (χ3n) is 3.39. The summed E-state index contributed by atoms with van der Waals surface area (Å²) in [5, 5.41) is 0. The lowest BCUT2D eigenvalue weighted by molar-refractivity contribution is -0.132. The lowest BCUT2D eigenvalue weighted by atomic mass is 10.0. The fourth-order valence-corrected chi connectivity index (χ4v) is 1.83. The predicted molar refractivity (Wildman–Crippen MR) is 75.1 cm³/mol. The zero-order valence-corrected chi connectivity index (χ0v) is 12.3. The molecule has 1 amide bonds. The third-order valence-corrected chi connectivity index (χ3v) is 3.39. The Bertz CT molecular complexity index is 191. The van der Waals surface area contributed by atoms with Gasteiger partial charge in [-0.15, -0.1) is 0 Å². The van der Waals surface area contributed by atoms with Crippen LogP contribution in [0.2, 0.25) is 0 Å². The quantitative estimate of drug-likeness (QED) is 0.524. The molecule has 0 aliphatic rings. The fraction of sp³-hybridized carbons (Fsp3) is 0.933. The van der Waals surface area contributed by atoms with Crippen molar-refractivity contribution >= 4 is 5.91 Å². The summed E-state index contributed by atoms with van der Waals surface area (Å²) in [6, 6.07) is 0. The highest BCUT2D eigenvalue weighted by molar-refractivity contribution is 5.76. The molecule has 0 aromatic heterocycles. The average molecular weight is 241 g/mol. The summed E-state index contributed by atoms with van der Waals surface area (Å²) in [6.07, 6.45) is 7.75. The minimum Gasteiger partial charge on any atom is -0.343 e. The molecule has 0 radical (unpaired) electrons. The molecule has 17 heavy (non-hydrogen) atoms. The Balaban J connectivity index is 4.09. The van der Waals surface area contributed by atoms with E-state index in [0.29, 0.717) is 11.8 Å². The zero-order valence-electron chi connectivity index (χ0n) is 12.3. The van der Waals surface area contributed by atoms with Gasteiger partial charge in [-0.3, -0.25) is 4.79 Å². The molecule has 0 N–H and O–H groups in total. The van der Waals surface area contributed by atoms with Crippen molar-refractivity contribution in [2.75, 3.05) is 13.1 Å². The van der Waals surface area contributed by atoms with Gasteiger partial charge in [0.25, 0.3) is 0 Å². The van der Waals surface area contributed by atoms with Crippen molar-refractivity contribution in [3.8, 4) is 0 Å². The molecule has 0 saturated heterocycles. The molecule has 0 aromatic carbocycles. The predicted octanol–water partition coefficient (Wildman–Crippen LogP) is 4.24. The number of amides is 1. The highest BCUT2D eigenvalue weighted by atomic mass is 16.2. The van der Waals surface area contributed by atoms with Crippen LogP contribution in [0.5, 0.6) is 0 Å². The van der Waals surface area contributed by atoms with Crippen LogP contribution in [0, 0.1) is 5.92 Å². The van der Waals surface area contributed by atoms with Gasteiger partial charge in [-0.25, -0.2) is 0 Å². The van der Waals surface area contributed by atoms with Crippen LogP contribution in [0.15, 0.2) is 0 Å². The monoisotopic (exact) mass is 241 g/mol. The number of hydrogen-bond acceptors (Lipinski definition) is 1. The number of rotatable bonds is 10. The summed E-state index contributed by atoms with van der Waals surface area (Å²) in [7, 11) is 0. The highest BCUT2D eigenvalue weighted by Crippen LogP contribution is 2.11. The Morgan fingerprint density at radius 1 is 1.00 bits per heavy atom. The first-order valence-corrected chi connectivity index (χ1v) is 7.43. The van der Waals surface area contributed by atoms with Gasteiger partial charge < -0.3 is 4.90 Å². The van der Waals surface area contributed by atoms with Gasteiger partial charge in [0, 0.05) is 19.5 Å². The summed E-state index contributed by atoms with van der Waals surface area (Å²) in [5.41, 5.74) is 0. The van der Waals surface area contributed by atoms with E-state index < -0.39 is 0 Å². The van der Waals surface area contributed by atoms with Gasteiger partial charge in [-0.1, -0.05) is 53.4 Å². The van der Waals surface area contributed by atoms with Crippen molar-refractivity contribution in [2.45, 2.75) is 72.6 Å². The van der Waals surface area contributed by atoms with Gasteiger partial charge in [0.2, 0.25) is 5.91 Å². The first-order valence-electron chi connectivity index (χ1n) is 7.43. The first-order chi connectivity index (χ1) is 8.15. The Morgan fingerprint density at radius 3 is 2.12 bits per heavy atom. The molecule has 0 fully saturated rings. The maximum atomic E-state index is 12.1. The van der Waals surface area contributed by atoms with Gasteiger partial charge in [-0.05, 0) is 18.8 Å².